The van der Waals surface area contributed by atoms with Crippen LogP contribution in [0.25, 0.3) is 0 Å². The number of ether oxygens (including phenoxy) is 2. The molecule has 0 aromatic heterocycles. The van der Waals surface area contributed by atoms with Gasteiger partial charge in [-0.25, -0.2) is 0 Å². The number of hydrogen-bond donors (Lipinski definition) is 1. The maximum absolute atomic E-state index is 12.4. The van der Waals surface area contributed by atoms with Crippen molar-refractivity contribution in [2.45, 2.75) is 227 Å². The molecule has 0 fully saturated rings. The molecule has 0 aliphatic rings. The van der Waals surface area contributed by atoms with Gasteiger partial charge in [0.25, 0.3) is 0 Å². The molecule has 0 rings (SSSR count). The van der Waals surface area contributed by atoms with Crippen molar-refractivity contribution in [1.82, 2.24) is 4.90 Å². The van der Waals surface area contributed by atoms with Gasteiger partial charge in [-0.3, -0.25) is 9.59 Å². The van der Waals surface area contributed by atoms with Crippen LogP contribution in [0.3, 0.4) is 0 Å². The van der Waals surface area contributed by atoms with Crippen molar-refractivity contribution in [3.05, 3.63) is 0 Å². The van der Waals surface area contributed by atoms with Gasteiger partial charge in [0.15, 0.2) is 0 Å². The van der Waals surface area contributed by atoms with Crippen LogP contribution in [0.15, 0.2) is 0 Å². The number of hydrogen-bond acceptors (Lipinski definition) is 6. The molecule has 0 aliphatic carbocycles. The van der Waals surface area contributed by atoms with Crippen molar-refractivity contribution in [2.75, 3.05) is 39.5 Å². The van der Waals surface area contributed by atoms with Gasteiger partial charge >= 0.3 is 11.9 Å². The Hall–Kier alpha value is -1.14. The lowest BCUT2D eigenvalue weighted by Gasteiger charge is -2.27. The molecule has 0 bridgehead atoms. The van der Waals surface area contributed by atoms with Crippen molar-refractivity contribution >= 4 is 11.9 Å². The standard InChI is InChI=1S/C45H89NO5/c1-6-9-12-15-16-18-23-31-43(48)50-40-27-35-45(4,5)34-26-37-46(38-28-39-47)36-25-20-17-19-24-32-44(49)51-41-33-42(29-21-13-10-7-2)30-22-14-11-8-3/h42,47H,6-41H2,1-5H3. The minimum Gasteiger partial charge on any atom is -0.466 e. The van der Waals surface area contributed by atoms with E-state index in [1.807, 2.05) is 0 Å². The molecule has 0 saturated carbocycles. The fourth-order valence-electron chi connectivity index (χ4n) is 7.27. The zero-order valence-corrected chi connectivity index (χ0v) is 35.1. The van der Waals surface area contributed by atoms with E-state index < -0.39 is 0 Å². The fraction of sp³-hybridized carbons (Fsp3) is 0.956. The SMILES string of the molecule is CCCCCCCCCC(=O)OCCCC(C)(C)CCCN(CCCO)CCCCCCCC(=O)OCCC(CCCCCC)CCCCCC. The molecule has 0 unspecified atom stereocenters. The second-order valence-corrected chi connectivity index (χ2v) is 16.5. The summed E-state index contributed by atoms with van der Waals surface area (Å²) in [5, 5.41) is 9.43. The smallest absolute Gasteiger partial charge is 0.305 e. The molecule has 0 heterocycles. The van der Waals surface area contributed by atoms with Gasteiger partial charge in [-0.1, -0.05) is 157 Å². The zero-order valence-electron chi connectivity index (χ0n) is 35.1. The average molecular weight is 724 g/mol. The van der Waals surface area contributed by atoms with Crippen molar-refractivity contribution in [3.8, 4) is 0 Å². The van der Waals surface area contributed by atoms with E-state index in [4.69, 9.17) is 9.47 Å². The predicted molar refractivity (Wildman–Crippen MR) is 218 cm³/mol. The summed E-state index contributed by atoms with van der Waals surface area (Å²) in [4.78, 5) is 27.0. The summed E-state index contributed by atoms with van der Waals surface area (Å²) in [6.45, 7) is 15.9. The third kappa shape index (κ3) is 35.6. The second kappa shape index (κ2) is 37.2. The summed E-state index contributed by atoms with van der Waals surface area (Å²) < 4.78 is 11.2. The zero-order chi connectivity index (χ0) is 37.7. The molecule has 0 saturated heterocycles. The van der Waals surface area contributed by atoms with Crippen LogP contribution in [0.4, 0.5) is 0 Å². The van der Waals surface area contributed by atoms with Gasteiger partial charge < -0.3 is 19.5 Å². The van der Waals surface area contributed by atoms with Crippen molar-refractivity contribution in [1.29, 1.82) is 0 Å². The molecular weight excluding hydrogens is 634 g/mol. The predicted octanol–water partition coefficient (Wildman–Crippen LogP) is 12.8. The van der Waals surface area contributed by atoms with E-state index in [-0.39, 0.29) is 24.0 Å². The Morgan fingerprint density at radius 3 is 1.49 bits per heavy atom. The normalized spacial score (nSPS) is 11.9. The molecule has 0 aliphatic heterocycles. The van der Waals surface area contributed by atoms with E-state index in [0.29, 0.717) is 32.0 Å². The molecule has 51 heavy (non-hydrogen) atoms. The summed E-state index contributed by atoms with van der Waals surface area (Å²) in [7, 11) is 0. The lowest BCUT2D eigenvalue weighted by Crippen LogP contribution is -2.29. The molecule has 0 amide bonds. The van der Waals surface area contributed by atoms with E-state index in [1.165, 1.54) is 109 Å². The Bertz CT molecular complexity index is 745. The number of aliphatic hydroxyl groups is 1. The molecule has 6 heteroatoms. The van der Waals surface area contributed by atoms with Gasteiger partial charge in [-0.05, 0) is 82.2 Å². The fourth-order valence-corrected chi connectivity index (χ4v) is 7.27. The highest BCUT2D eigenvalue weighted by Crippen LogP contribution is 2.28. The molecule has 6 nitrogen and oxygen atoms in total. The third-order valence-corrected chi connectivity index (χ3v) is 10.8. The lowest BCUT2D eigenvalue weighted by molar-refractivity contribution is -0.145. The molecule has 0 radical (unpaired) electrons. The highest BCUT2D eigenvalue weighted by Gasteiger charge is 2.18. The number of esters is 2. The minimum atomic E-state index is -0.0288. The molecule has 0 atom stereocenters. The largest absolute Gasteiger partial charge is 0.466 e. The van der Waals surface area contributed by atoms with Crippen LogP contribution in [0.1, 0.15) is 227 Å². The van der Waals surface area contributed by atoms with E-state index in [2.05, 4.69) is 39.5 Å². The topological polar surface area (TPSA) is 76.1 Å². The second-order valence-electron chi connectivity index (χ2n) is 16.5. The summed E-state index contributed by atoms with van der Waals surface area (Å²) in [5.41, 5.74) is 0.235. The average Bonchev–Trinajstić information content (AvgIpc) is 3.11. The maximum Gasteiger partial charge on any atom is 0.305 e. The van der Waals surface area contributed by atoms with Crippen LogP contribution >= 0.6 is 0 Å². The first-order valence-electron chi connectivity index (χ1n) is 22.4. The van der Waals surface area contributed by atoms with Crippen LogP contribution in [0.2, 0.25) is 0 Å². The van der Waals surface area contributed by atoms with E-state index >= 15 is 0 Å². The van der Waals surface area contributed by atoms with E-state index in [0.717, 1.165) is 90.3 Å². The van der Waals surface area contributed by atoms with Crippen LogP contribution in [0.5, 0.6) is 0 Å². The van der Waals surface area contributed by atoms with Gasteiger partial charge in [-0.15, -0.1) is 0 Å². The highest BCUT2D eigenvalue weighted by atomic mass is 16.5. The Kier molecular flexibility index (Phi) is 36.4. The number of unbranched alkanes of at least 4 members (excludes halogenated alkanes) is 16. The van der Waals surface area contributed by atoms with Gasteiger partial charge in [-0.2, -0.15) is 0 Å². The Balaban J connectivity index is 4.07. The first-order chi connectivity index (χ1) is 24.8. The first kappa shape index (κ1) is 49.9. The third-order valence-electron chi connectivity index (χ3n) is 10.8. The maximum atomic E-state index is 12.4. The molecule has 1 N–H and O–H groups in total. The van der Waals surface area contributed by atoms with Gasteiger partial charge in [0.1, 0.15) is 0 Å². The summed E-state index contributed by atoms with van der Waals surface area (Å²) in [6.07, 6.45) is 34.5. The highest BCUT2D eigenvalue weighted by molar-refractivity contribution is 5.69. The Labute approximate surface area is 318 Å². The first-order valence-corrected chi connectivity index (χ1v) is 22.4. The summed E-state index contributed by atoms with van der Waals surface area (Å²) >= 11 is 0. The molecular formula is C45H89NO5. The molecule has 0 aromatic carbocycles. The van der Waals surface area contributed by atoms with Crippen molar-refractivity contribution in [2.24, 2.45) is 11.3 Å². The van der Waals surface area contributed by atoms with Crippen molar-refractivity contribution in [3.63, 3.8) is 0 Å². The minimum absolute atomic E-state index is 0.0105. The number of aliphatic hydroxyl groups excluding tert-OH is 1. The van der Waals surface area contributed by atoms with Crippen LogP contribution < -0.4 is 0 Å². The summed E-state index contributed by atoms with van der Waals surface area (Å²) in [5.74, 6) is 0.671. The van der Waals surface area contributed by atoms with Crippen molar-refractivity contribution < 1.29 is 24.2 Å². The number of carbonyl (C=O) groups excluding carboxylic acids is 2. The number of rotatable bonds is 40. The van der Waals surface area contributed by atoms with Crippen LogP contribution in [0, 0.1) is 11.3 Å². The summed E-state index contributed by atoms with van der Waals surface area (Å²) in [6, 6.07) is 0. The van der Waals surface area contributed by atoms with Gasteiger partial charge in [0, 0.05) is 26.0 Å². The Morgan fingerprint density at radius 2 is 0.941 bits per heavy atom. The van der Waals surface area contributed by atoms with Gasteiger partial charge in [0.2, 0.25) is 0 Å². The molecule has 0 spiro atoms. The number of nitrogens with zero attached hydrogens (tertiary/aromatic N) is 1. The van der Waals surface area contributed by atoms with Crippen LogP contribution in [-0.4, -0.2) is 61.4 Å². The molecule has 304 valence electrons. The van der Waals surface area contributed by atoms with E-state index in [9.17, 15) is 14.7 Å². The molecule has 0 aromatic rings. The number of carbonyl (C=O) groups is 2. The monoisotopic (exact) mass is 724 g/mol. The Morgan fingerprint density at radius 1 is 0.510 bits per heavy atom. The van der Waals surface area contributed by atoms with Crippen LogP contribution in [-0.2, 0) is 19.1 Å². The quantitative estimate of drug-likeness (QED) is 0.0501. The van der Waals surface area contributed by atoms with Gasteiger partial charge in [0.05, 0.1) is 13.2 Å². The van der Waals surface area contributed by atoms with E-state index in [1.54, 1.807) is 0 Å². The lowest BCUT2D eigenvalue weighted by atomic mass is 9.83.